The topological polar surface area (TPSA) is 47.5 Å². The van der Waals surface area contributed by atoms with E-state index in [-0.39, 0.29) is 6.29 Å². The summed E-state index contributed by atoms with van der Waals surface area (Å²) in [5.41, 5.74) is 0.970. The van der Waals surface area contributed by atoms with E-state index >= 15 is 0 Å². The summed E-state index contributed by atoms with van der Waals surface area (Å²) in [7, 11) is 0. The van der Waals surface area contributed by atoms with Gasteiger partial charge in [-0.05, 0) is 19.8 Å². The van der Waals surface area contributed by atoms with Crippen LogP contribution in [0.2, 0.25) is 0 Å². The van der Waals surface area contributed by atoms with Crippen LogP contribution in [-0.4, -0.2) is 42.6 Å². The Bertz CT molecular complexity index is 399. The van der Waals surface area contributed by atoms with Crippen molar-refractivity contribution < 1.29 is 9.47 Å². The maximum absolute atomic E-state index is 5.58. The highest BCUT2D eigenvalue weighted by atomic mass is 16.7. The molecule has 5 nitrogen and oxygen atoms in total. The van der Waals surface area contributed by atoms with E-state index in [1.165, 1.54) is 0 Å². The fourth-order valence-corrected chi connectivity index (χ4v) is 2.65. The van der Waals surface area contributed by atoms with E-state index in [0.29, 0.717) is 5.92 Å². The molecule has 0 atom stereocenters. The molecule has 0 amide bonds. The van der Waals surface area contributed by atoms with Gasteiger partial charge in [0, 0.05) is 25.2 Å². The predicted molar refractivity (Wildman–Crippen MR) is 67.4 cm³/mol. The number of ether oxygens (including phenoxy) is 2. The zero-order valence-corrected chi connectivity index (χ0v) is 10.7. The molecule has 0 N–H and O–H groups in total. The number of nitrogens with zero attached hydrogens (tertiary/aromatic N) is 3. The van der Waals surface area contributed by atoms with Crippen LogP contribution in [0.1, 0.15) is 18.5 Å². The minimum absolute atomic E-state index is 0.0238. The van der Waals surface area contributed by atoms with E-state index < -0.39 is 0 Å². The molecule has 18 heavy (non-hydrogen) atoms. The standard InChI is InChI=1S/C13H19N3O2/c1-10-8-14-9-12(15-10)16-4-2-11(3-5-16)13-17-6-7-18-13/h8-9,11,13H,2-7H2,1H3. The average Bonchev–Trinajstić information content (AvgIpc) is 2.93. The van der Waals surface area contributed by atoms with Gasteiger partial charge < -0.3 is 14.4 Å². The van der Waals surface area contributed by atoms with Crippen molar-refractivity contribution in [3.05, 3.63) is 18.1 Å². The number of aromatic nitrogens is 2. The molecule has 2 aliphatic heterocycles. The molecule has 0 spiro atoms. The Hall–Kier alpha value is -1.20. The molecule has 2 saturated heterocycles. The van der Waals surface area contributed by atoms with Crippen molar-refractivity contribution in [3.63, 3.8) is 0 Å². The van der Waals surface area contributed by atoms with Crippen molar-refractivity contribution in [1.29, 1.82) is 0 Å². The molecule has 0 bridgehead atoms. The summed E-state index contributed by atoms with van der Waals surface area (Å²) in [6, 6.07) is 0. The first-order valence-electron chi connectivity index (χ1n) is 6.60. The zero-order valence-electron chi connectivity index (χ0n) is 10.7. The number of hydrogen-bond donors (Lipinski definition) is 0. The van der Waals surface area contributed by atoms with Crippen LogP contribution in [0, 0.1) is 12.8 Å². The molecular formula is C13H19N3O2. The fraction of sp³-hybridized carbons (Fsp3) is 0.692. The van der Waals surface area contributed by atoms with Crippen molar-refractivity contribution in [3.8, 4) is 0 Å². The lowest BCUT2D eigenvalue weighted by molar-refractivity contribution is -0.0889. The number of hydrogen-bond acceptors (Lipinski definition) is 5. The number of anilines is 1. The second-order valence-corrected chi connectivity index (χ2v) is 4.95. The lowest BCUT2D eigenvalue weighted by Gasteiger charge is -2.34. The van der Waals surface area contributed by atoms with Crippen LogP contribution in [0.5, 0.6) is 0 Å². The van der Waals surface area contributed by atoms with E-state index in [1.54, 1.807) is 6.20 Å². The highest BCUT2D eigenvalue weighted by Crippen LogP contribution is 2.27. The Balaban J connectivity index is 1.59. The second kappa shape index (κ2) is 5.20. The lowest BCUT2D eigenvalue weighted by atomic mass is 9.96. The minimum Gasteiger partial charge on any atom is -0.355 e. The lowest BCUT2D eigenvalue weighted by Crippen LogP contribution is -2.38. The van der Waals surface area contributed by atoms with Gasteiger partial charge in [-0.25, -0.2) is 4.98 Å². The van der Waals surface area contributed by atoms with Gasteiger partial charge >= 0.3 is 0 Å². The van der Waals surface area contributed by atoms with Gasteiger partial charge in [0.1, 0.15) is 5.82 Å². The van der Waals surface area contributed by atoms with Gasteiger partial charge in [0.05, 0.1) is 25.1 Å². The van der Waals surface area contributed by atoms with Gasteiger partial charge in [0.25, 0.3) is 0 Å². The highest BCUT2D eigenvalue weighted by molar-refractivity contribution is 5.36. The van der Waals surface area contributed by atoms with Crippen molar-refractivity contribution in [2.24, 2.45) is 5.92 Å². The van der Waals surface area contributed by atoms with Crippen molar-refractivity contribution >= 4 is 5.82 Å². The third kappa shape index (κ3) is 2.47. The van der Waals surface area contributed by atoms with Crippen LogP contribution in [0.15, 0.2) is 12.4 Å². The van der Waals surface area contributed by atoms with Gasteiger partial charge in [-0.15, -0.1) is 0 Å². The van der Waals surface area contributed by atoms with E-state index in [9.17, 15) is 0 Å². The summed E-state index contributed by atoms with van der Waals surface area (Å²) < 4.78 is 11.2. The maximum Gasteiger partial charge on any atom is 0.160 e. The molecule has 0 radical (unpaired) electrons. The molecular weight excluding hydrogens is 230 g/mol. The third-order valence-electron chi connectivity index (χ3n) is 3.64. The Morgan fingerprint density at radius 3 is 2.56 bits per heavy atom. The molecule has 1 aromatic heterocycles. The van der Waals surface area contributed by atoms with E-state index in [2.05, 4.69) is 14.9 Å². The summed E-state index contributed by atoms with van der Waals surface area (Å²) in [4.78, 5) is 11.0. The Labute approximate surface area is 107 Å². The molecule has 0 saturated carbocycles. The van der Waals surface area contributed by atoms with Crippen LogP contribution in [0.4, 0.5) is 5.82 Å². The van der Waals surface area contributed by atoms with Crippen LogP contribution < -0.4 is 4.90 Å². The van der Waals surface area contributed by atoms with Crippen LogP contribution >= 0.6 is 0 Å². The second-order valence-electron chi connectivity index (χ2n) is 4.95. The Kier molecular flexibility index (Phi) is 3.43. The maximum atomic E-state index is 5.58. The van der Waals surface area contributed by atoms with Gasteiger partial charge in [-0.3, -0.25) is 4.98 Å². The van der Waals surface area contributed by atoms with Crippen molar-refractivity contribution in [2.45, 2.75) is 26.1 Å². The summed E-state index contributed by atoms with van der Waals surface area (Å²) in [6.45, 7) is 5.48. The molecule has 0 aromatic carbocycles. The van der Waals surface area contributed by atoms with Gasteiger partial charge in [0.2, 0.25) is 0 Å². The number of aryl methyl sites for hydroxylation is 1. The Morgan fingerprint density at radius 1 is 1.17 bits per heavy atom. The number of piperidine rings is 1. The minimum atomic E-state index is 0.0238. The number of rotatable bonds is 2. The van der Waals surface area contributed by atoms with Crippen LogP contribution in [0.25, 0.3) is 0 Å². The van der Waals surface area contributed by atoms with Crippen LogP contribution in [-0.2, 0) is 9.47 Å². The molecule has 5 heteroatoms. The summed E-state index contributed by atoms with van der Waals surface area (Å²) >= 11 is 0. The Morgan fingerprint density at radius 2 is 1.89 bits per heavy atom. The largest absolute Gasteiger partial charge is 0.355 e. The van der Waals surface area contributed by atoms with E-state index in [1.807, 2.05) is 13.1 Å². The first-order valence-corrected chi connectivity index (χ1v) is 6.60. The van der Waals surface area contributed by atoms with Gasteiger partial charge in [0.15, 0.2) is 6.29 Å². The van der Waals surface area contributed by atoms with Crippen molar-refractivity contribution in [2.75, 3.05) is 31.2 Å². The highest BCUT2D eigenvalue weighted by Gasteiger charge is 2.30. The third-order valence-corrected chi connectivity index (χ3v) is 3.64. The fourth-order valence-electron chi connectivity index (χ4n) is 2.65. The zero-order chi connectivity index (χ0) is 12.4. The molecule has 0 unspecified atom stereocenters. The quantitative estimate of drug-likeness (QED) is 0.792. The average molecular weight is 249 g/mol. The normalized spacial score (nSPS) is 22.6. The van der Waals surface area contributed by atoms with E-state index in [0.717, 1.165) is 50.7 Å². The first kappa shape index (κ1) is 11.9. The molecule has 1 aromatic rings. The molecule has 3 rings (SSSR count). The monoisotopic (exact) mass is 249 g/mol. The van der Waals surface area contributed by atoms with Gasteiger partial charge in [-0.2, -0.15) is 0 Å². The van der Waals surface area contributed by atoms with Crippen LogP contribution in [0.3, 0.4) is 0 Å². The molecule has 98 valence electrons. The smallest absolute Gasteiger partial charge is 0.160 e. The predicted octanol–water partition coefficient (Wildman–Crippen LogP) is 1.37. The molecule has 3 heterocycles. The van der Waals surface area contributed by atoms with Gasteiger partial charge in [-0.1, -0.05) is 0 Å². The summed E-state index contributed by atoms with van der Waals surface area (Å²) in [5.74, 6) is 1.52. The first-order chi connectivity index (χ1) is 8.83. The molecule has 2 fully saturated rings. The summed E-state index contributed by atoms with van der Waals surface area (Å²) in [6.07, 6.45) is 5.85. The molecule has 2 aliphatic rings. The van der Waals surface area contributed by atoms with E-state index in [4.69, 9.17) is 9.47 Å². The SMILES string of the molecule is Cc1cncc(N2CCC(C3OCCO3)CC2)n1. The molecule has 0 aliphatic carbocycles. The summed E-state index contributed by atoms with van der Waals surface area (Å²) in [5, 5.41) is 0. The van der Waals surface area contributed by atoms with Crippen molar-refractivity contribution in [1.82, 2.24) is 9.97 Å².